The van der Waals surface area contributed by atoms with Gasteiger partial charge >= 0.3 is 0 Å². The number of aliphatic hydroxyl groups is 1. The number of ether oxygens (including phenoxy) is 1. The van der Waals surface area contributed by atoms with Crippen molar-refractivity contribution < 1.29 is 9.84 Å². The third-order valence-electron chi connectivity index (χ3n) is 4.43. The van der Waals surface area contributed by atoms with Crippen LogP contribution in [0, 0.1) is 5.92 Å². The van der Waals surface area contributed by atoms with Gasteiger partial charge in [0.25, 0.3) is 0 Å². The number of aromatic nitrogens is 2. The highest BCUT2D eigenvalue weighted by molar-refractivity contribution is 7.05. The Morgan fingerprint density at radius 1 is 1.56 bits per heavy atom. The molecule has 1 aromatic heterocycles. The zero-order valence-corrected chi connectivity index (χ0v) is 11.6. The summed E-state index contributed by atoms with van der Waals surface area (Å²) in [4.78, 5) is 0.971. The lowest BCUT2D eigenvalue weighted by molar-refractivity contribution is -0.157. The molecule has 1 saturated heterocycles. The van der Waals surface area contributed by atoms with Crippen LogP contribution in [0.2, 0.25) is 0 Å². The van der Waals surface area contributed by atoms with E-state index in [9.17, 15) is 5.11 Å². The summed E-state index contributed by atoms with van der Waals surface area (Å²) in [6.07, 6.45) is 5.98. The van der Waals surface area contributed by atoms with Gasteiger partial charge in [-0.3, -0.25) is 0 Å². The second kappa shape index (κ2) is 4.87. The fraction of sp³-hybridized carbons (Fsp3) is 0.846. The van der Waals surface area contributed by atoms with Gasteiger partial charge in [0.05, 0.1) is 22.3 Å². The Labute approximate surface area is 112 Å². The Hall–Kier alpha value is -0.520. The van der Waals surface area contributed by atoms with E-state index in [-0.39, 0.29) is 5.60 Å². The molecule has 2 aliphatic rings. The first-order valence-electron chi connectivity index (χ1n) is 6.87. The minimum atomic E-state index is -0.402. The predicted octanol–water partition coefficient (Wildman–Crippen LogP) is 2.48. The monoisotopic (exact) mass is 268 g/mol. The van der Waals surface area contributed by atoms with Gasteiger partial charge in [-0.1, -0.05) is 11.4 Å². The zero-order chi connectivity index (χ0) is 12.6. The Morgan fingerprint density at radius 3 is 3.06 bits per heavy atom. The number of rotatable bonds is 3. The van der Waals surface area contributed by atoms with Crippen molar-refractivity contribution in [1.82, 2.24) is 9.59 Å². The van der Waals surface area contributed by atoms with Crippen LogP contribution in [-0.2, 0) is 11.2 Å². The van der Waals surface area contributed by atoms with E-state index in [1.54, 1.807) is 0 Å². The highest BCUT2D eigenvalue weighted by Gasteiger charge is 2.44. The summed E-state index contributed by atoms with van der Waals surface area (Å²) < 4.78 is 9.90. The van der Waals surface area contributed by atoms with Crippen LogP contribution in [0.4, 0.5) is 0 Å². The van der Waals surface area contributed by atoms with Crippen LogP contribution in [0.15, 0.2) is 0 Å². The SMILES string of the molecule is CCc1nnsc1C(O)C1CCOC2(CCC2)C1. The molecule has 2 unspecified atom stereocenters. The lowest BCUT2D eigenvalue weighted by Crippen LogP contribution is -2.46. The van der Waals surface area contributed by atoms with Crippen LogP contribution >= 0.6 is 11.5 Å². The van der Waals surface area contributed by atoms with Crippen LogP contribution in [-0.4, -0.2) is 26.9 Å². The number of nitrogens with zero attached hydrogens (tertiary/aromatic N) is 2. The van der Waals surface area contributed by atoms with E-state index < -0.39 is 6.10 Å². The average Bonchev–Trinajstić information content (AvgIpc) is 2.84. The summed E-state index contributed by atoms with van der Waals surface area (Å²) >= 11 is 1.35. The van der Waals surface area contributed by atoms with Gasteiger partial charge in [-0.25, -0.2) is 0 Å². The molecule has 3 rings (SSSR count). The third kappa shape index (κ3) is 2.08. The molecule has 0 bridgehead atoms. The molecule has 1 aliphatic heterocycles. The molecule has 2 fully saturated rings. The molecule has 1 spiro atoms. The van der Waals surface area contributed by atoms with Crippen molar-refractivity contribution in [2.45, 2.75) is 57.2 Å². The first-order valence-corrected chi connectivity index (χ1v) is 7.64. The predicted molar refractivity (Wildman–Crippen MR) is 69.5 cm³/mol. The van der Waals surface area contributed by atoms with Crippen LogP contribution in [0.1, 0.15) is 55.7 Å². The van der Waals surface area contributed by atoms with Gasteiger partial charge in [0, 0.05) is 6.61 Å². The Bertz CT molecular complexity index is 417. The molecule has 1 aromatic rings. The van der Waals surface area contributed by atoms with Crippen molar-refractivity contribution in [2.75, 3.05) is 6.61 Å². The Kier molecular flexibility index (Phi) is 3.38. The fourth-order valence-electron chi connectivity index (χ4n) is 3.15. The summed E-state index contributed by atoms with van der Waals surface area (Å²) in [5, 5.41) is 14.7. The molecule has 0 amide bonds. The Morgan fingerprint density at radius 2 is 2.39 bits per heavy atom. The molecule has 1 saturated carbocycles. The average molecular weight is 268 g/mol. The van der Waals surface area contributed by atoms with E-state index in [0.29, 0.717) is 5.92 Å². The van der Waals surface area contributed by atoms with Crippen molar-refractivity contribution in [1.29, 1.82) is 0 Å². The van der Waals surface area contributed by atoms with E-state index in [2.05, 4.69) is 16.5 Å². The van der Waals surface area contributed by atoms with Gasteiger partial charge in [-0.15, -0.1) is 5.10 Å². The molecule has 0 radical (unpaired) electrons. The maximum absolute atomic E-state index is 10.6. The summed E-state index contributed by atoms with van der Waals surface area (Å²) in [6, 6.07) is 0. The van der Waals surface area contributed by atoms with Crippen LogP contribution in [0.3, 0.4) is 0 Å². The van der Waals surface area contributed by atoms with E-state index >= 15 is 0 Å². The number of hydrogen-bond acceptors (Lipinski definition) is 5. The molecule has 18 heavy (non-hydrogen) atoms. The molecule has 1 N–H and O–H groups in total. The van der Waals surface area contributed by atoms with Gasteiger partial charge in [-0.05, 0) is 56.0 Å². The standard InChI is InChI=1S/C13H20N2O2S/c1-2-10-12(18-15-14-10)11(16)9-4-7-17-13(8-9)5-3-6-13/h9,11,16H,2-8H2,1H3. The second-order valence-electron chi connectivity index (χ2n) is 5.52. The highest BCUT2D eigenvalue weighted by atomic mass is 32.1. The van der Waals surface area contributed by atoms with Crippen molar-refractivity contribution >= 4 is 11.5 Å². The number of aliphatic hydroxyl groups excluding tert-OH is 1. The first kappa shape index (κ1) is 12.5. The molecular formula is C13H20N2O2S. The topological polar surface area (TPSA) is 55.2 Å². The smallest absolute Gasteiger partial charge is 0.0947 e. The van der Waals surface area contributed by atoms with Crippen LogP contribution in [0.25, 0.3) is 0 Å². The highest BCUT2D eigenvalue weighted by Crippen LogP contribution is 2.47. The quantitative estimate of drug-likeness (QED) is 0.915. The van der Waals surface area contributed by atoms with Crippen LogP contribution < -0.4 is 0 Å². The zero-order valence-electron chi connectivity index (χ0n) is 10.8. The van der Waals surface area contributed by atoms with Gasteiger partial charge in [-0.2, -0.15) is 0 Å². The van der Waals surface area contributed by atoms with Crippen molar-refractivity contribution in [3.8, 4) is 0 Å². The van der Waals surface area contributed by atoms with Crippen molar-refractivity contribution in [3.05, 3.63) is 10.6 Å². The molecule has 2 atom stereocenters. The minimum Gasteiger partial charge on any atom is -0.387 e. The minimum absolute atomic E-state index is 0.0917. The molecule has 1 aliphatic carbocycles. The largest absolute Gasteiger partial charge is 0.387 e. The Balaban J connectivity index is 1.73. The molecule has 100 valence electrons. The van der Waals surface area contributed by atoms with Gasteiger partial charge < -0.3 is 9.84 Å². The molecular weight excluding hydrogens is 248 g/mol. The van der Waals surface area contributed by atoms with Gasteiger partial charge in [0.15, 0.2) is 0 Å². The third-order valence-corrected chi connectivity index (χ3v) is 5.27. The van der Waals surface area contributed by atoms with E-state index in [1.807, 2.05) is 0 Å². The van der Waals surface area contributed by atoms with E-state index in [0.717, 1.165) is 49.3 Å². The molecule has 2 heterocycles. The summed E-state index contributed by atoms with van der Waals surface area (Å²) in [7, 11) is 0. The molecule has 5 heteroatoms. The summed E-state index contributed by atoms with van der Waals surface area (Å²) in [5.74, 6) is 0.312. The number of hydrogen-bond donors (Lipinski definition) is 1. The maximum atomic E-state index is 10.6. The maximum Gasteiger partial charge on any atom is 0.0947 e. The molecule has 4 nitrogen and oxygen atoms in total. The lowest BCUT2D eigenvalue weighted by Gasteiger charge is -2.48. The van der Waals surface area contributed by atoms with Crippen molar-refractivity contribution in [2.24, 2.45) is 5.92 Å². The normalized spacial score (nSPS) is 28.0. The van der Waals surface area contributed by atoms with E-state index in [4.69, 9.17) is 4.74 Å². The fourth-order valence-corrected chi connectivity index (χ4v) is 3.97. The first-order chi connectivity index (χ1) is 8.74. The lowest BCUT2D eigenvalue weighted by atomic mass is 9.70. The summed E-state index contributed by atoms with van der Waals surface area (Å²) in [5.41, 5.74) is 1.05. The van der Waals surface area contributed by atoms with E-state index in [1.165, 1.54) is 18.0 Å². The van der Waals surface area contributed by atoms with Gasteiger partial charge in [0.1, 0.15) is 0 Å². The van der Waals surface area contributed by atoms with Gasteiger partial charge in [0.2, 0.25) is 0 Å². The number of aryl methyl sites for hydroxylation is 1. The van der Waals surface area contributed by atoms with Crippen molar-refractivity contribution in [3.63, 3.8) is 0 Å². The molecule has 0 aromatic carbocycles. The van der Waals surface area contributed by atoms with Crippen LogP contribution in [0.5, 0.6) is 0 Å². The second-order valence-corrected chi connectivity index (χ2v) is 6.31. The summed E-state index contributed by atoms with van der Waals surface area (Å²) in [6.45, 7) is 2.85.